The minimum Gasteiger partial charge on any atom is -0.494 e. The molecule has 6 heteroatoms. The lowest BCUT2D eigenvalue weighted by atomic mass is 10.3. The number of benzene rings is 1. The second-order valence-electron chi connectivity index (χ2n) is 4.37. The molecular weight excluding hydrogens is 270 g/mol. The highest BCUT2D eigenvalue weighted by molar-refractivity contribution is 5.41. The number of aliphatic hydroxyl groups is 1. The van der Waals surface area contributed by atoms with Crippen LogP contribution in [0.5, 0.6) is 17.4 Å². The molecule has 0 radical (unpaired) electrons. The molecule has 0 spiro atoms. The van der Waals surface area contributed by atoms with Gasteiger partial charge in [-0.15, -0.1) is 0 Å². The molecule has 0 unspecified atom stereocenters. The monoisotopic (exact) mass is 289 g/mol. The number of aromatic nitrogens is 2. The van der Waals surface area contributed by atoms with Gasteiger partial charge in [0.25, 0.3) is 0 Å². The van der Waals surface area contributed by atoms with Gasteiger partial charge in [-0.25, -0.2) is 9.97 Å². The third-order valence-corrected chi connectivity index (χ3v) is 2.81. The van der Waals surface area contributed by atoms with Gasteiger partial charge >= 0.3 is 0 Å². The van der Waals surface area contributed by atoms with Crippen molar-refractivity contribution in [1.82, 2.24) is 9.97 Å². The van der Waals surface area contributed by atoms with Crippen molar-refractivity contribution in [1.29, 1.82) is 0 Å². The minimum absolute atomic E-state index is 0.0651. The van der Waals surface area contributed by atoms with Crippen LogP contribution < -0.4 is 14.4 Å². The second-order valence-corrected chi connectivity index (χ2v) is 4.37. The minimum atomic E-state index is 0.0651. The second kappa shape index (κ2) is 7.44. The highest BCUT2D eigenvalue weighted by atomic mass is 16.5. The molecule has 0 saturated carbocycles. The maximum Gasteiger partial charge on any atom is 0.224 e. The Morgan fingerprint density at radius 3 is 2.52 bits per heavy atom. The van der Waals surface area contributed by atoms with Crippen LogP contribution in [0, 0.1) is 0 Å². The largest absolute Gasteiger partial charge is 0.494 e. The summed E-state index contributed by atoms with van der Waals surface area (Å²) in [5.41, 5.74) is 0. The van der Waals surface area contributed by atoms with Crippen LogP contribution in [0.4, 0.5) is 5.82 Å². The van der Waals surface area contributed by atoms with Gasteiger partial charge in [0.05, 0.1) is 13.2 Å². The number of aliphatic hydroxyl groups excluding tert-OH is 1. The van der Waals surface area contributed by atoms with E-state index < -0.39 is 0 Å². The van der Waals surface area contributed by atoms with Crippen LogP contribution in [0.1, 0.15) is 6.92 Å². The molecule has 6 nitrogen and oxygen atoms in total. The Hall–Kier alpha value is -2.34. The highest BCUT2D eigenvalue weighted by Gasteiger charge is 2.05. The summed E-state index contributed by atoms with van der Waals surface area (Å²) in [6, 6.07) is 9.07. The van der Waals surface area contributed by atoms with Crippen LogP contribution in [0.3, 0.4) is 0 Å². The molecule has 21 heavy (non-hydrogen) atoms. The zero-order valence-electron chi connectivity index (χ0n) is 12.2. The Morgan fingerprint density at radius 1 is 1.14 bits per heavy atom. The lowest BCUT2D eigenvalue weighted by Gasteiger charge is -2.16. The standard InChI is InChI=1S/C15H19N3O3/c1-3-20-12-4-6-13(7-5-12)21-15-10-14(16-11-17-15)18(2)8-9-19/h4-7,10-11,19H,3,8-9H2,1-2H3. The van der Waals surface area contributed by atoms with Crippen molar-refractivity contribution in [2.45, 2.75) is 6.92 Å². The number of ether oxygens (including phenoxy) is 2. The predicted octanol–water partition coefficient (Wildman–Crippen LogP) is 2.10. The summed E-state index contributed by atoms with van der Waals surface area (Å²) in [7, 11) is 1.85. The van der Waals surface area contributed by atoms with Crippen LogP contribution in [0.25, 0.3) is 0 Å². The van der Waals surface area contributed by atoms with E-state index in [2.05, 4.69) is 9.97 Å². The average molecular weight is 289 g/mol. The number of rotatable bonds is 7. The number of hydrogen-bond donors (Lipinski definition) is 1. The lowest BCUT2D eigenvalue weighted by Crippen LogP contribution is -2.22. The molecule has 0 bridgehead atoms. The molecule has 0 aliphatic heterocycles. The summed E-state index contributed by atoms with van der Waals surface area (Å²) in [6.45, 7) is 3.14. The maximum atomic E-state index is 8.94. The van der Waals surface area contributed by atoms with E-state index in [-0.39, 0.29) is 6.61 Å². The first-order valence-electron chi connectivity index (χ1n) is 6.77. The van der Waals surface area contributed by atoms with Crippen molar-refractivity contribution in [3.05, 3.63) is 36.7 Å². The normalized spacial score (nSPS) is 10.2. The quantitative estimate of drug-likeness (QED) is 0.842. The van der Waals surface area contributed by atoms with Crippen molar-refractivity contribution in [3.63, 3.8) is 0 Å². The van der Waals surface area contributed by atoms with Crippen LogP contribution in [-0.4, -0.2) is 41.9 Å². The molecule has 0 aliphatic carbocycles. The molecule has 0 fully saturated rings. The molecule has 1 aromatic carbocycles. The highest BCUT2D eigenvalue weighted by Crippen LogP contribution is 2.24. The van der Waals surface area contributed by atoms with E-state index >= 15 is 0 Å². The predicted molar refractivity (Wildman–Crippen MR) is 80.1 cm³/mol. The third kappa shape index (κ3) is 4.32. The first-order chi connectivity index (χ1) is 10.2. The van der Waals surface area contributed by atoms with Crippen LogP contribution in [0.15, 0.2) is 36.7 Å². The van der Waals surface area contributed by atoms with Crippen molar-refractivity contribution in [2.75, 3.05) is 31.7 Å². The number of hydrogen-bond acceptors (Lipinski definition) is 6. The maximum absolute atomic E-state index is 8.94. The van der Waals surface area contributed by atoms with Gasteiger partial charge in [0.15, 0.2) is 0 Å². The Balaban J connectivity index is 2.06. The SMILES string of the molecule is CCOc1ccc(Oc2cc(N(C)CCO)ncn2)cc1. The van der Waals surface area contributed by atoms with E-state index in [9.17, 15) is 0 Å². The number of anilines is 1. The van der Waals surface area contributed by atoms with E-state index in [0.717, 1.165) is 5.75 Å². The molecular formula is C15H19N3O3. The lowest BCUT2D eigenvalue weighted by molar-refractivity contribution is 0.303. The molecule has 1 N–H and O–H groups in total. The summed E-state index contributed by atoms with van der Waals surface area (Å²) < 4.78 is 11.1. The molecule has 0 aliphatic rings. The van der Waals surface area contributed by atoms with Gasteiger partial charge in [0.2, 0.25) is 5.88 Å². The van der Waals surface area contributed by atoms with E-state index in [1.807, 2.05) is 43.1 Å². The Labute approximate surface area is 124 Å². The summed E-state index contributed by atoms with van der Waals surface area (Å²) in [5, 5.41) is 8.94. The number of nitrogens with zero attached hydrogens (tertiary/aromatic N) is 3. The van der Waals surface area contributed by atoms with Gasteiger partial charge in [-0.05, 0) is 31.2 Å². The Kier molecular flexibility index (Phi) is 5.34. The molecule has 2 rings (SSSR count). The van der Waals surface area contributed by atoms with Crippen LogP contribution in [0.2, 0.25) is 0 Å². The van der Waals surface area contributed by atoms with Gasteiger partial charge in [-0.1, -0.05) is 0 Å². The van der Waals surface area contributed by atoms with E-state index in [0.29, 0.717) is 30.6 Å². The van der Waals surface area contributed by atoms with Gasteiger partial charge in [-0.2, -0.15) is 0 Å². The molecule has 1 heterocycles. The fourth-order valence-electron chi connectivity index (χ4n) is 1.75. The van der Waals surface area contributed by atoms with E-state index in [1.54, 1.807) is 6.07 Å². The van der Waals surface area contributed by atoms with Gasteiger partial charge in [-0.3, -0.25) is 0 Å². The van der Waals surface area contributed by atoms with Gasteiger partial charge in [0.1, 0.15) is 23.6 Å². The van der Waals surface area contributed by atoms with E-state index in [1.165, 1.54) is 6.33 Å². The van der Waals surface area contributed by atoms with Crippen molar-refractivity contribution < 1.29 is 14.6 Å². The van der Waals surface area contributed by atoms with E-state index in [4.69, 9.17) is 14.6 Å². The van der Waals surface area contributed by atoms with Crippen LogP contribution >= 0.6 is 0 Å². The zero-order chi connectivity index (χ0) is 15.1. The summed E-state index contributed by atoms with van der Waals surface area (Å²) in [5.74, 6) is 2.62. The first-order valence-corrected chi connectivity index (χ1v) is 6.77. The Bertz CT molecular complexity index is 560. The van der Waals surface area contributed by atoms with Crippen molar-refractivity contribution >= 4 is 5.82 Å². The molecule has 0 saturated heterocycles. The number of likely N-dealkylation sites (N-methyl/N-ethyl adjacent to an activating group) is 1. The third-order valence-electron chi connectivity index (χ3n) is 2.81. The molecule has 0 atom stereocenters. The molecule has 2 aromatic rings. The summed E-state index contributed by atoms with van der Waals surface area (Å²) in [6.07, 6.45) is 1.44. The smallest absolute Gasteiger partial charge is 0.224 e. The fourth-order valence-corrected chi connectivity index (χ4v) is 1.75. The van der Waals surface area contributed by atoms with Crippen molar-refractivity contribution in [3.8, 4) is 17.4 Å². The summed E-state index contributed by atoms with van der Waals surface area (Å²) >= 11 is 0. The summed E-state index contributed by atoms with van der Waals surface area (Å²) in [4.78, 5) is 10.1. The average Bonchev–Trinajstić information content (AvgIpc) is 2.50. The topological polar surface area (TPSA) is 67.7 Å². The Morgan fingerprint density at radius 2 is 1.86 bits per heavy atom. The van der Waals surface area contributed by atoms with Crippen molar-refractivity contribution in [2.24, 2.45) is 0 Å². The van der Waals surface area contributed by atoms with Gasteiger partial charge < -0.3 is 19.5 Å². The zero-order valence-corrected chi connectivity index (χ0v) is 12.2. The van der Waals surface area contributed by atoms with Crippen LogP contribution in [-0.2, 0) is 0 Å². The molecule has 1 aromatic heterocycles. The molecule has 0 amide bonds. The fraction of sp³-hybridized carbons (Fsp3) is 0.333. The van der Waals surface area contributed by atoms with Gasteiger partial charge in [0, 0.05) is 19.7 Å². The molecule has 112 valence electrons. The first kappa shape index (κ1) is 15.1.